The van der Waals surface area contributed by atoms with Crippen molar-refractivity contribution >= 4 is 11.9 Å². The van der Waals surface area contributed by atoms with Gasteiger partial charge >= 0.3 is 11.9 Å². The molecule has 2 aromatic rings. The van der Waals surface area contributed by atoms with E-state index in [4.69, 9.17) is 9.47 Å². The van der Waals surface area contributed by atoms with Gasteiger partial charge < -0.3 is 18.9 Å². The normalized spacial score (nSPS) is 17.1. The van der Waals surface area contributed by atoms with Crippen LogP contribution in [0.3, 0.4) is 0 Å². The summed E-state index contributed by atoms with van der Waals surface area (Å²) in [6.45, 7) is 3.14. The fraction of sp³-hybridized carbons (Fsp3) is 0.500. The molecule has 2 fully saturated rings. The Balaban J connectivity index is 0.000000181. The zero-order valence-electron chi connectivity index (χ0n) is 18.6. The fourth-order valence-electron chi connectivity index (χ4n) is 3.88. The van der Waals surface area contributed by atoms with E-state index in [1.54, 1.807) is 0 Å². The molecule has 2 saturated heterocycles. The minimum atomic E-state index is -0.332. The van der Waals surface area contributed by atoms with Crippen molar-refractivity contribution in [3.63, 3.8) is 0 Å². The minimum absolute atomic E-state index is 0.332. The summed E-state index contributed by atoms with van der Waals surface area (Å²) in [4.78, 5) is 30.9. The Bertz CT molecular complexity index is 818. The van der Waals surface area contributed by atoms with E-state index in [0.717, 1.165) is 63.2 Å². The molecule has 0 aliphatic carbocycles. The molecule has 0 bridgehead atoms. The summed E-state index contributed by atoms with van der Waals surface area (Å²) >= 11 is 0. The number of carbonyl (C=O) groups is 2. The van der Waals surface area contributed by atoms with E-state index in [2.05, 4.69) is 19.4 Å². The molecule has 0 atom stereocenters. The van der Waals surface area contributed by atoms with Gasteiger partial charge in [-0.05, 0) is 60.8 Å². The molecule has 2 aromatic heterocycles. The van der Waals surface area contributed by atoms with Gasteiger partial charge in [0, 0.05) is 51.2 Å². The lowest BCUT2D eigenvalue weighted by atomic mass is 9.92. The van der Waals surface area contributed by atoms with Crippen LogP contribution in [0.15, 0.2) is 36.9 Å². The van der Waals surface area contributed by atoms with Crippen molar-refractivity contribution in [3.8, 4) is 0 Å². The highest BCUT2D eigenvalue weighted by molar-refractivity contribution is 5.89. The lowest BCUT2D eigenvalue weighted by molar-refractivity contribution is 0.0590. The zero-order chi connectivity index (χ0) is 22.8. The average molecular weight is 443 g/mol. The summed E-state index contributed by atoms with van der Waals surface area (Å²) in [6.07, 6.45) is 10.7. The predicted molar refractivity (Wildman–Crippen MR) is 117 cm³/mol. The number of methoxy groups -OCH3 is 2. The number of rotatable bonds is 4. The molecule has 0 saturated carbocycles. The highest BCUT2D eigenvalue weighted by Gasteiger charge is 2.19. The number of pyridine rings is 2. The highest BCUT2D eigenvalue weighted by atomic mass is 16.5. The Kier molecular flexibility index (Phi) is 9.13. The second kappa shape index (κ2) is 12.3. The van der Waals surface area contributed by atoms with Gasteiger partial charge in [0.25, 0.3) is 0 Å². The van der Waals surface area contributed by atoms with Crippen LogP contribution in [0.25, 0.3) is 0 Å². The fourth-order valence-corrected chi connectivity index (χ4v) is 3.88. The number of esters is 2. The van der Waals surface area contributed by atoms with E-state index in [0.29, 0.717) is 23.0 Å². The van der Waals surface area contributed by atoms with Gasteiger partial charge in [0.2, 0.25) is 0 Å². The van der Waals surface area contributed by atoms with Crippen LogP contribution in [-0.4, -0.2) is 62.6 Å². The average Bonchev–Trinajstić information content (AvgIpc) is 2.89. The Hall–Kier alpha value is -2.84. The Morgan fingerprint density at radius 2 is 1.09 bits per heavy atom. The number of hydrogen-bond donors (Lipinski definition) is 0. The number of carbonyl (C=O) groups excluding carboxylic acids is 2. The Morgan fingerprint density at radius 3 is 1.44 bits per heavy atom. The first kappa shape index (κ1) is 23.8. The van der Waals surface area contributed by atoms with Crippen molar-refractivity contribution in [2.45, 2.75) is 37.5 Å². The number of aromatic nitrogens is 2. The molecule has 8 nitrogen and oxygen atoms in total. The predicted octanol–water partition coefficient (Wildman–Crippen LogP) is 3.52. The summed E-state index contributed by atoms with van der Waals surface area (Å²) < 4.78 is 20.0. The maximum Gasteiger partial charge on any atom is 0.339 e. The van der Waals surface area contributed by atoms with Gasteiger partial charge in [0.1, 0.15) is 0 Å². The van der Waals surface area contributed by atoms with Crippen molar-refractivity contribution in [2.24, 2.45) is 0 Å². The van der Waals surface area contributed by atoms with E-state index in [1.807, 2.05) is 24.5 Å². The standard InChI is InChI=1S/2C12H15NO3/c2*1-15-12(14)11-6-10(7-13-8-11)9-2-4-16-5-3-9/h2*6-9H,2-5H2,1H3. The minimum Gasteiger partial charge on any atom is -0.465 e. The molecule has 172 valence electrons. The summed E-state index contributed by atoms with van der Waals surface area (Å²) in [5, 5.41) is 0. The Morgan fingerprint density at radius 1 is 0.719 bits per heavy atom. The Labute approximate surface area is 188 Å². The molecule has 32 heavy (non-hydrogen) atoms. The van der Waals surface area contributed by atoms with Gasteiger partial charge in [-0.1, -0.05) is 0 Å². The van der Waals surface area contributed by atoms with E-state index < -0.39 is 0 Å². The third-order valence-corrected chi connectivity index (χ3v) is 5.75. The molecule has 2 aliphatic rings. The number of nitrogens with zero attached hydrogens (tertiary/aromatic N) is 2. The van der Waals surface area contributed by atoms with Gasteiger partial charge in [-0.25, -0.2) is 9.59 Å². The summed E-state index contributed by atoms with van der Waals surface area (Å²) in [5.41, 5.74) is 3.25. The summed E-state index contributed by atoms with van der Waals surface area (Å²) in [7, 11) is 2.76. The maximum absolute atomic E-state index is 11.4. The van der Waals surface area contributed by atoms with E-state index >= 15 is 0 Å². The maximum atomic E-state index is 11.4. The van der Waals surface area contributed by atoms with Gasteiger partial charge in [0.15, 0.2) is 0 Å². The van der Waals surface area contributed by atoms with Gasteiger partial charge in [-0.3, -0.25) is 9.97 Å². The largest absolute Gasteiger partial charge is 0.465 e. The van der Waals surface area contributed by atoms with Gasteiger partial charge in [-0.2, -0.15) is 0 Å². The molecule has 0 unspecified atom stereocenters. The molecule has 0 N–H and O–H groups in total. The summed E-state index contributed by atoms with van der Waals surface area (Å²) in [5.74, 6) is 0.236. The topological polar surface area (TPSA) is 96.8 Å². The lowest BCUT2D eigenvalue weighted by Gasteiger charge is -2.22. The first-order valence-corrected chi connectivity index (χ1v) is 10.8. The number of hydrogen-bond acceptors (Lipinski definition) is 8. The molecule has 4 rings (SSSR count). The molecular weight excluding hydrogens is 412 g/mol. The van der Waals surface area contributed by atoms with Crippen LogP contribution in [0, 0.1) is 0 Å². The van der Waals surface area contributed by atoms with E-state index in [-0.39, 0.29) is 11.9 Å². The molecule has 4 heterocycles. The van der Waals surface area contributed by atoms with Crippen LogP contribution in [0.2, 0.25) is 0 Å². The SMILES string of the molecule is COC(=O)c1cncc(C2CCOCC2)c1.COC(=O)c1cncc(C2CCOCC2)c1. The third-order valence-electron chi connectivity index (χ3n) is 5.75. The van der Waals surface area contributed by atoms with Crippen LogP contribution >= 0.6 is 0 Å². The second-order valence-electron chi connectivity index (χ2n) is 7.77. The zero-order valence-corrected chi connectivity index (χ0v) is 18.6. The molecule has 0 spiro atoms. The highest BCUT2D eigenvalue weighted by Crippen LogP contribution is 2.27. The lowest BCUT2D eigenvalue weighted by Crippen LogP contribution is -2.15. The summed E-state index contributed by atoms with van der Waals surface area (Å²) in [6, 6.07) is 3.74. The van der Waals surface area contributed by atoms with Gasteiger partial charge in [0.05, 0.1) is 25.3 Å². The molecule has 0 radical (unpaired) electrons. The van der Waals surface area contributed by atoms with Gasteiger partial charge in [-0.15, -0.1) is 0 Å². The smallest absolute Gasteiger partial charge is 0.339 e. The van der Waals surface area contributed by atoms with Crippen molar-refractivity contribution in [2.75, 3.05) is 40.6 Å². The first-order valence-electron chi connectivity index (χ1n) is 10.8. The van der Waals surface area contributed by atoms with Crippen LogP contribution in [0.4, 0.5) is 0 Å². The van der Waals surface area contributed by atoms with Crippen molar-refractivity contribution in [1.82, 2.24) is 9.97 Å². The van der Waals surface area contributed by atoms with Crippen LogP contribution in [-0.2, 0) is 18.9 Å². The molecule has 0 aromatic carbocycles. The van der Waals surface area contributed by atoms with Crippen molar-refractivity contribution < 1.29 is 28.5 Å². The third kappa shape index (κ3) is 6.58. The second-order valence-corrected chi connectivity index (χ2v) is 7.77. The van der Waals surface area contributed by atoms with Crippen LogP contribution < -0.4 is 0 Å². The molecular formula is C24H30N2O6. The molecule has 8 heteroatoms. The molecule has 2 aliphatic heterocycles. The van der Waals surface area contributed by atoms with Crippen LogP contribution in [0.5, 0.6) is 0 Å². The quantitative estimate of drug-likeness (QED) is 0.664. The van der Waals surface area contributed by atoms with Crippen molar-refractivity contribution in [1.29, 1.82) is 0 Å². The first-order chi connectivity index (χ1) is 15.6. The number of ether oxygens (including phenoxy) is 4. The van der Waals surface area contributed by atoms with Crippen molar-refractivity contribution in [3.05, 3.63) is 59.2 Å². The van der Waals surface area contributed by atoms with E-state index in [9.17, 15) is 9.59 Å². The van der Waals surface area contributed by atoms with E-state index in [1.165, 1.54) is 26.6 Å². The molecule has 0 amide bonds. The monoisotopic (exact) mass is 442 g/mol. The van der Waals surface area contributed by atoms with Crippen LogP contribution in [0.1, 0.15) is 69.4 Å².